The number of anilines is 1. The maximum Gasteiger partial charge on any atom is 0.251 e. The normalized spacial score (nSPS) is 13.9. The summed E-state index contributed by atoms with van der Waals surface area (Å²) in [5.41, 5.74) is 2.37. The van der Waals surface area contributed by atoms with Crippen LogP contribution in [-0.2, 0) is 6.54 Å². The van der Waals surface area contributed by atoms with Gasteiger partial charge in [-0.3, -0.25) is 4.79 Å². The van der Waals surface area contributed by atoms with Gasteiger partial charge in [-0.05, 0) is 55.2 Å². The molecule has 30 heavy (non-hydrogen) atoms. The van der Waals surface area contributed by atoms with E-state index in [1.807, 2.05) is 30.3 Å². The van der Waals surface area contributed by atoms with Crippen LogP contribution in [0.1, 0.15) is 35.2 Å². The zero-order valence-electron chi connectivity index (χ0n) is 17.4. The van der Waals surface area contributed by atoms with Crippen molar-refractivity contribution >= 4 is 22.6 Å². The van der Waals surface area contributed by atoms with Gasteiger partial charge in [-0.15, -0.1) is 0 Å². The first-order chi connectivity index (χ1) is 14.7. The molecule has 0 aliphatic carbocycles. The minimum Gasteiger partial charge on any atom is -0.493 e. The number of piperidine rings is 1. The average Bonchev–Trinajstić information content (AvgIpc) is 2.82. The van der Waals surface area contributed by atoms with Gasteiger partial charge >= 0.3 is 0 Å². The SMILES string of the molecule is COc1ccc(CNC(=O)c2ccc3ncnc(N4CCCCC4)c3c2)cc1OC. The van der Waals surface area contributed by atoms with E-state index >= 15 is 0 Å². The molecule has 1 aliphatic heterocycles. The van der Waals surface area contributed by atoms with Gasteiger partial charge in [0, 0.05) is 30.6 Å². The van der Waals surface area contributed by atoms with E-state index in [0.717, 1.165) is 48.2 Å². The number of hydrogen-bond donors (Lipinski definition) is 1. The monoisotopic (exact) mass is 406 g/mol. The van der Waals surface area contributed by atoms with Crippen LogP contribution in [0.2, 0.25) is 0 Å². The Kier molecular flexibility index (Phi) is 5.97. The van der Waals surface area contributed by atoms with Crippen LogP contribution in [0, 0.1) is 0 Å². The van der Waals surface area contributed by atoms with E-state index in [-0.39, 0.29) is 5.91 Å². The second kappa shape index (κ2) is 8.98. The lowest BCUT2D eigenvalue weighted by Gasteiger charge is -2.28. The smallest absolute Gasteiger partial charge is 0.251 e. The zero-order chi connectivity index (χ0) is 20.9. The van der Waals surface area contributed by atoms with E-state index < -0.39 is 0 Å². The first-order valence-electron chi connectivity index (χ1n) is 10.2. The summed E-state index contributed by atoms with van der Waals surface area (Å²) >= 11 is 0. The topological polar surface area (TPSA) is 76.6 Å². The van der Waals surface area contributed by atoms with E-state index in [1.54, 1.807) is 26.6 Å². The fourth-order valence-corrected chi connectivity index (χ4v) is 3.82. The summed E-state index contributed by atoms with van der Waals surface area (Å²) in [6, 6.07) is 11.2. The van der Waals surface area contributed by atoms with Crippen molar-refractivity contribution < 1.29 is 14.3 Å². The lowest BCUT2D eigenvalue weighted by atomic mass is 10.1. The Hall–Kier alpha value is -3.35. The Labute approximate surface area is 176 Å². The fourth-order valence-electron chi connectivity index (χ4n) is 3.82. The molecule has 0 radical (unpaired) electrons. The zero-order valence-corrected chi connectivity index (χ0v) is 17.4. The lowest BCUT2D eigenvalue weighted by molar-refractivity contribution is 0.0951. The van der Waals surface area contributed by atoms with Crippen molar-refractivity contribution in [2.75, 3.05) is 32.2 Å². The number of amides is 1. The third-order valence-corrected chi connectivity index (χ3v) is 5.43. The molecule has 1 amide bonds. The molecular weight excluding hydrogens is 380 g/mol. The van der Waals surface area contributed by atoms with Crippen LogP contribution in [0.3, 0.4) is 0 Å². The maximum absolute atomic E-state index is 12.8. The Morgan fingerprint density at radius 1 is 1.00 bits per heavy atom. The van der Waals surface area contributed by atoms with E-state index in [1.165, 1.54) is 6.42 Å². The molecule has 1 aliphatic rings. The standard InChI is InChI=1S/C23H26N4O3/c1-29-20-9-6-16(12-21(20)30-2)14-24-23(28)17-7-8-19-18(13-17)22(26-15-25-19)27-10-4-3-5-11-27/h6-9,12-13,15H,3-5,10-11,14H2,1-2H3,(H,24,28). The Morgan fingerprint density at radius 3 is 2.57 bits per heavy atom. The minimum absolute atomic E-state index is 0.139. The fraction of sp³-hybridized carbons (Fsp3) is 0.348. The summed E-state index contributed by atoms with van der Waals surface area (Å²) in [6.07, 6.45) is 5.18. The highest BCUT2D eigenvalue weighted by molar-refractivity contribution is 6.00. The first-order valence-corrected chi connectivity index (χ1v) is 10.2. The van der Waals surface area contributed by atoms with Crippen molar-refractivity contribution in [3.05, 3.63) is 53.9 Å². The second-order valence-electron chi connectivity index (χ2n) is 7.35. The number of ether oxygens (including phenoxy) is 2. The molecule has 1 aromatic heterocycles. The number of aromatic nitrogens is 2. The predicted molar refractivity (Wildman–Crippen MR) is 116 cm³/mol. The van der Waals surface area contributed by atoms with E-state index in [9.17, 15) is 4.79 Å². The molecule has 2 heterocycles. The molecule has 1 N–H and O–H groups in total. The van der Waals surface area contributed by atoms with Crippen molar-refractivity contribution in [2.45, 2.75) is 25.8 Å². The summed E-state index contributed by atoms with van der Waals surface area (Å²) in [5.74, 6) is 2.07. The van der Waals surface area contributed by atoms with Gasteiger partial charge in [0.05, 0.1) is 19.7 Å². The van der Waals surface area contributed by atoms with Crippen LogP contribution in [0.25, 0.3) is 10.9 Å². The third kappa shape index (κ3) is 4.15. The molecule has 2 aromatic carbocycles. The molecule has 4 rings (SSSR count). The quantitative estimate of drug-likeness (QED) is 0.674. The summed E-state index contributed by atoms with van der Waals surface area (Å²) < 4.78 is 10.6. The van der Waals surface area contributed by atoms with Gasteiger partial charge in [0.15, 0.2) is 11.5 Å². The van der Waals surface area contributed by atoms with Crippen molar-refractivity contribution in [2.24, 2.45) is 0 Å². The van der Waals surface area contributed by atoms with E-state index in [4.69, 9.17) is 9.47 Å². The number of nitrogens with one attached hydrogen (secondary N) is 1. The van der Waals surface area contributed by atoms with Gasteiger partial charge in [-0.2, -0.15) is 0 Å². The number of methoxy groups -OCH3 is 2. The molecule has 0 spiro atoms. The molecule has 0 atom stereocenters. The van der Waals surface area contributed by atoms with Gasteiger partial charge in [-0.1, -0.05) is 6.07 Å². The predicted octanol–water partition coefficient (Wildman–Crippen LogP) is 3.57. The van der Waals surface area contributed by atoms with Crippen LogP contribution >= 0.6 is 0 Å². The molecule has 7 heteroatoms. The van der Waals surface area contributed by atoms with Gasteiger partial charge in [0.2, 0.25) is 0 Å². The largest absolute Gasteiger partial charge is 0.493 e. The van der Waals surface area contributed by atoms with E-state index in [2.05, 4.69) is 20.2 Å². The molecule has 0 unspecified atom stereocenters. The Bertz CT molecular complexity index is 1050. The summed E-state index contributed by atoms with van der Waals surface area (Å²) in [5, 5.41) is 3.89. The van der Waals surface area contributed by atoms with Gasteiger partial charge in [0.25, 0.3) is 5.91 Å². The number of hydrogen-bond acceptors (Lipinski definition) is 6. The number of nitrogens with zero attached hydrogens (tertiary/aromatic N) is 3. The van der Waals surface area contributed by atoms with Crippen molar-refractivity contribution in [3.63, 3.8) is 0 Å². The molecule has 156 valence electrons. The molecule has 1 saturated heterocycles. The Balaban J connectivity index is 1.53. The number of fused-ring (bicyclic) bond motifs is 1. The highest BCUT2D eigenvalue weighted by atomic mass is 16.5. The van der Waals surface area contributed by atoms with Crippen molar-refractivity contribution in [1.82, 2.24) is 15.3 Å². The molecular formula is C23H26N4O3. The van der Waals surface area contributed by atoms with Crippen LogP contribution in [0.15, 0.2) is 42.7 Å². The maximum atomic E-state index is 12.8. The average molecular weight is 406 g/mol. The molecule has 3 aromatic rings. The molecule has 1 fully saturated rings. The van der Waals surface area contributed by atoms with Crippen LogP contribution in [0.4, 0.5) is 5.82 Å². The van der Waals surface area contributed by atoms with Crippen LogP contribution in [0.5, 0.6) is 11.5 Å². The van der Waals surface area contributed by atoms with Gasteiger partial charge in [-0.25, -0.2) is 9.97 Å². The van der Waals surface area contributed by atoms with Crippen LogP contribution < -0.4 is 19.7 Å². The lowest BCUT2D eigenvalue weighted by Crippen LogP contribution is -2.30. The summed E-state index contributed by atoms with van der Waals surface area (Å²) in [7, 11) is 3.19. The Morgan fingerprint density at radius 2 is 1.80 bits per heavy atom. The third-order valence-electron chi connectivity index (χ3n) is 5.43. The van der Waals surface area contributed by atoms with Crippen LogP contribution in [-0.4, -0.2) is 43.2 Å². The van der Waals surface area contributed by atoms with Crippen molar-refractivity contribution in [3.8, 4) is 11.5 Å². The van der Waals surface area contributed by atoms with Gasteiger partial charge < -0.3 is 19.7 Å². The number of carbonyl (C=O) groups is 1. The first kappa shape index (κ1) is 19.9. The van der Waals surface area contributed by atoms with E-state index in [0.29, 0.717) is 23.6 Å². The summed E-state index contributed by atoms with van der Waals surface area (Å²) in [4.78, 5) is 24.0. The van der Waals surface area contributed by atoms with Gasteiger partial charge in [0.1, 0.15) is 12.1 Å². The number of carbonyl (C=O) groups excluding carboxylic acids is 1. The highest BCUT2D eigenvalue weighted by Crippen LogP contribution is 2.28. The highest BCUT2D eigenvalue weighted by Gasteiger charge is 2.17. The minimum atomic E-state index is -0.139. The number of rotatable bonds is 6. The van der Waals surface area contributed by atoms with Crippen molar-refractivity contribution in [1.29, 1.82) is 0 Å². The molecule has 7 nitrogen and oxygen atoms in total. The summed E-state index contributed by atoms with van der Waals surface area (Å²) in [6.45, 7) is 2.37. The second-order valence-corrected chi connectivity index (χ2v) is 7.35. The molecule has 0 saturated carbocycles. The number of benzene rings is 2. The molecule has 0 bridgehead atoms.